The van der Waals surface area contributed by atoms with Gasteiger partial charge in [0.25, 0.3) is 0 Å². The third-order valence-corrected chi connectivity index (χ3v) is 4.27. The maximum absolute atomic E-state index is 5.81. The van der Waals surface area contributed by atoms with Gasteiger partial charge in [0.2, 0.25) is 0 Å². The molecular formula is C13H17Br2NO. The minimum Gasteiger partial charge on any atom is -0.491 e. The van der Waals surface area contributed by atoms with Crippen molar-refractivity contribution in [2.24, 2.45) is 0 Å². The van der Waals surface area contributed by atoms with Gasteiger partial charge in [-0.1, -0.05) is 6.07 Å². The van der Waals surface area contributed by atoms with E-state index in [1.165, 1.54) is 25.8 Å². The summed E-state index contributed by atoms with van der Waals surface area (Å²) in [6.07, 6.45) is 4.95. The molecule has 0 amide bonds. The molecule has 4 heteroatoms. The number of para-hydroxylation sites is 1. The van der Waals surface area contributed by atoms with Crippen LogP contribution in [0.15, 0.2) is 27.1 Å². The van der Waals surface area contributed by atoms with Gasteiger partial charge in [0.1, 0.15) is 5.75 Å². The van der Waals surface area contributed by atoms with E-state index >= 15 is 0 Å². The van der Waals surface area contributed by atoms with Gasteiger partial charge >= 0.3 is 0 Å². The van der Waals surface area contributed by atoms with Crippen molar-refractivity contribution in [1.82, 2.24) is 5.32 Å². The summed E-state index contributed by atoms with van der Waals surface area (Å²) in [4.78, 5) is 0. The van der Waals surface area contributed by atoms with Gasteiger partial charge in [-0.05, 0) is 76.2 Å². The average Bonchev–Trinajstić information content (AvgIpc) is 2.80. The molecule has 0 radical (unpaired) electrons. The van der Waals surface area contributed by atoms with Gasteiger partial charge in [-0.3, -0.25) is 0 Å². The summed E-state index contributed by atoms with van der Waals surface area (Å²) < 4.78 is 7.82. The van der Waals surface area contributed by atoms with Crippen LogP contribution in [-0.4, -0.2) is 19.2 Å². The number of hydrogen-bond donors (Lipinski definition) is 1. The van der Waals surface area contributed by atoms with E-state index < -0.39 is 0 Å². The number of nitrogens with one attached hydrogen (secondary N) is 1. The Labute approximate surface area is 119 Å². The number of benzene rings is 1. The van der Waals surface area contributed by atoms with Gasteiger partial charge in [0.15, 0.2) is 0 Å². The highest BCUT2D eigenvalue weighted by atomic mass is 79.9. The van der Waals surface area contributed by atoms with E-state index in [0.717, 1.165) is 27.7 Å². The van der Waals surface area contributed by atoms with E-state index in [-0.39, 0.29) is 0 Å². The number of ether oxygens (including phenoxy) is 1. The second-order valence-electron chi connectivity index (χ2n) is 4.33. The minimum atomic E-state index is 0.709. The fraction of sp³-hybridized carbons (Fsp3) is 0.538. The largest absolute Gasteiger partial charge is 0.491 e. The Kier molecular flexibility index (Phi) is 5.32. The zero-order chi connectivity index (χ0) is 12.1. The van der Waals surface area contributed by atoms with Crippen molar-refractivity contribution in [3.63, 3.8) is 0 Å². The molecule has 1 saturated heterocycles. The Morgan fingerprint density at radius 3 is 2.71 bits per heavy atom. The molecule has 1 aliphatic heterocycles. The monoisotopic (exact) mass is 361 g/mol. The smallest absolute Gasteiger partial charge is 0.147 e. The van der Waals surface area contributed by atoms with Crippen LogP contribution in [0.25, 0.3) is 0 Å². The van der Waals surface area contributed by atoms with Crippen LogP contribution in [-0.2, 0) is 0 Å². The Morgan fingerprint density at radius 1 is 1.29 bits per heavy atom. The average molecular weight is 363 g/mol. The molecule has 1 aromatic carbocycles. The molecule has 1 fully saturated rings. The van der Waals surface area contributed by atoms with Gasteiger partial charge in [-0.2, -0.15) is 0 Å². The molecule has 2 nitrogen and oxygen atoms in total. The van der Waals surface area contributed by atoms with Crippen molar-refractivity contribution in [1.29, 1.82) is 0 Å². The van der Waals surface area contributed by atoms with Crippen LogP contribution in [0.5, 0.6) is 5.75 Å². The van der Waals surface area contributed by atoms with Crippen LogP contribution in [0.3, 0.4) is 0 Å². The number of hydrogen-bond acceptors (Lipinski definition) is 2. The van der Waals surface area contributed by atoms with E-state index in [4.69, 9.17) is 4.74 Å². The zero-order valence-electron chi connectivity index (χ0n) is 9.72. The second kappa shape index (κ2) is 6.76. The first-order valence-corrected chi connectivity index (χ1v) is 7.66. The lowest BCUT2D eigenvalue weighted by atomic mass is 10.1. The van der Waals surface area contributed by atoms with E-state index in [2.05, 4.69) is 37.2 Å². The fourth-order valence-corrected chi connectivity index (χ4v) is 3.35. The third-order valence-electron chi connectivity index (χ3n) is 3.02. The van der Waals surface area contributed by atoms with Crippen molar-refractivity contribution in [3.8, 4) is 5.75 Å². The quantitative estimate of drug-likeness (QED) is 0.795. The van der Waals surface area contributed by atoms with Crippen molar-refractivity contribution in [2.45, 2.75) is 31.7 Å². The van der Waals surface area contributed by atoms with E-state index in [1.807, 2.05) is 18.2 Å². The van der Waals surface area contributed by atoms with Gasteiger partial charge in [-0.15, -0.1) is 0 Å². The van der Waals surface area contributed by atoms with Gasteiger partial charge in [0, 0.05) is 6.04 Å². The highest BCUT2D eigenvalue weighted by Crippen LogP contribution is 2.33. The SMILES string of the molecule is Brc1cccc(Br)c1OCCCC1CCCN1. The van der Waals surface area contributed by atoms with Crippen LogP contribution < -0.4 is 10.1 Å². The second-order valence-corrected chi connectivity index (χ2v) is 6.04. The maximum Gasteiger partial charge on any atom is 0.147 e. The van der Waals surface area contributed by atoms with Crippen LogP contribution in [0, 0.1) is 0 Å². The van der Waals surface area contributed by atoms with E-state index in [0.29, 0.717) is 6.04 Å². The summed E-state index contributed by atoms with van der Waals surface area (Å²) in [5, 5.41) is 3.50. The lowest BCUT2D eigenvalue weighted by molar-refractivity contribution is 0.295. The van der Waals surface area contributed by atoms with Crippen LogP contribution in [0.4, 0.5) is 0 Å². The summed E-state index contributed by atoms with van der Waals surface area (Å²) in [7, 11) is 0. The molecule has 0 spiro atoms. The lowest BCUT2D eigenvalue weighted by Gasteiger charge is -2.12. The Bertz CT molecular complexity index is 344. The molecule has 0 bridgehead atoms. The molecule has 1 atom stereocenters. The molecule has 1 N–H and O–H groups in total. The number of rotatable bonds is 5. The first-order chi connectivity index (χ1) is 8.27. The van der Waals surface area contributed by atoms with Crippen molar-refractivity contribution < 1.29 is 4.74 Å². The maximum atomic E-state index is 5.81. The fourth-order valence-electron chi connectivity index (χ4n) is 2.13. The highest BCUT2D eigenvalue weighted by molar-refractivity contribution is 9.11. The Hall–Kier alpha value is -0.0600. The molecule has 0 aromatic heterocycles. The van der Waals surface area contributed by atoms with Gasteiger partial charge in [-0.25, -0.2) is 0 Å². The first-order valence-electron chi connectivity index (χ1n) is 6.07. The number of halogens is 2. The van der Waals surface area contributed by atoms with E-state index in [1.54, 1.807) is 0 Å². The lowest BCUT2D eigenvalue weighted by Crippen LogP contribution is -2.21. The van der Waals surface area contributed by atoms with Crippen LogP contribution in [0.1, 0.15) is 25.7 Å². The van der Waals surface area contributed by atoms with Gasteiger partial charge in [0.05, 0.1) is 15.6 Å². The Balaban J connectivity index is 1.74. The summed E-state index contributed by atoms with van der Waals surface area (Å²) in [6, 6.07) is 6.70. The van der Waals surface area contributed by atoms with Crippen molar-refractivity contribution >= 4 is 31.9 Å². The summed E-state index contributed by atoms with van der Waals surface area (Å²) in [5.41, 5.74) is 0. The van der Waals surface area contributed by atoms with E-state index in [9.17, 15) is 0 Å². The molecule has 1 unspecified atom stereocenters. The highest BCUT2D eigenvalue weighted by Gasteiger charge is 2.13. The van der Waals surface area contributed by atoms with Crippen LogP contribution in [0.2, 0.25) is 0 Å². The molecule has 0 aliphatic carbocycles. The van der Waals surface area contributed by atoms with Crippen molar-refractivity contribution in [3.05, 3.63) is 27.1 Å². The zero-order valence-corrected chi connectivity index (χ0v) is 12.9. The summed E-state index contributed by atoms with van der Waals surface area (Å²) in [5.74, 6) is 0.909. The molecule has 1 aromatic rings. The predicted molar refractivity (Wildman–Crippen MR) is 77.6 cm³/mol. The standard InChI is InChI=1S/C13H17Br2NO/c14-11-6-1-7-12(15)13(11)17-9-3-5-10-4-2-8-16-10/h1,6-7,10,16H,2-5,8-9H2. The molecule has 17 heavy (non-hydrogen) atoms. The molecule has 94 valence electrons. The molecule has 0 saturated carbocycles. The molecule has 2 rings (SSSR count). The summed E-state index contributed by atoms with van der Waals surface area (Å²) >= 11 is 7.00. The van der Waals surface area contributed by atoms with Crippen molar-refractivity contribution in [2.75, 3.05) is 13.2 Å². The van der Waals surface area contributed by atoms with Crippen LogP contribution >= 0.6 is 31.9 Å². The molecule has 1 aliphatic rings. The minimum absolute atomic E-state index is 0.709. The topological polar surface area (TPSA) is 21.3 Å². The first kappa shape index (κ1) is 13.4. The Morgan fingerprint density at radius 2 is 2.06 bits per heavy atom. The predicted octanol–water partition coefficient (Wildman–Crippen LogP) is 4.12. The molecule has 1 heterocycles. The summed E-state index contributed by atoms with van der Waals surface area (Å²) in [6.45, 7) is 1.96. The normalized spacial score (nSPS) is 19.5. The third kappa shape index (κ3) is 3.97. The molecular weight excluding hydrogens is 346 g/mol. The van der Waals surface area contributed by atoms with Gasteiger partial charge < -0.3 is 10.1 Å².